The van der Waals surface area contributed by atoms with E-state index in [0.29, 0.717) is 19.6 Å². The highest BCUT2D eigenvalue weighted by molar-refractivity contribution is 6.30. The first-order valence-electron chi connectivity index (χ1n) is 7.85. The molecule has 0 atom stereocenters. The molecule has 2 aromatic carbocycles. The van der Waals surface area contributed by atoms with Gasteiger partial charge < -0.3 is 15.6 Å². The normalized spacial score (nSPS) is 11.2. The minimum absolute atomic E-state index is 0.125. The molecular formula is C18H20ClFN4. The second-order valence-corrected chi connectivity index (χ2v) is 6.32. The van der Waals surface area contributed by atoms with E-state index in [2.05, 4.69) is 40.8 Å². The fourth-order valence-corrected chi connectivity index (χ4v) is 2.88. The van der Waals surface area contributed by atoms with E-state index in [1.54, 1.807) is 12.1 Å². The van der Waals surface area contributed by atoms with Crippen LogP contribution in [0.2, 0.25) is 5.02 Å². The molecule has 3 aromatic rings. The topological polar surface area (TPSA) is 55.9 Å². The monoisotopic (exact) mass is 346 g/mol. The highest BCUT2D eigenvalue weighted by Gasteiger charge is 2.13. The predicted molar refractivity (Wildman–Crippen MR) is 97.3 cm³/mol. The van der Waals surface area contributed by atoms with Gasteiger partial charge in [0.15, 0.2) is 0 Å². The lowest BCUT2D eigenvalue weighted by Crippen LogP contribution is -2.16. The van der Waals surface area contributed by atoms with Gasteiger partial charge in [0.1, 0.15) is 5.82 Å². The van der Waals surface area contributed by atoms with Crippen molar-refractivity contribution in [1.82, 2.24) is 9.55 Å². The number of imidazole rings is 1. The lowest BCUT2D eigenvalue weighted by Gasteiger charge is -2.11. The van der Waals surface area contributed by atoms with Gasteiger partial charge >= 0.3 is 0 Å². The fraction of sp³-hybridized carbons (Fsp3) is 0.278. The third-order valence-electron chi connectivity index (χ3n) is 4.12. The van der Waals surface area contributed by atoms with E-state index in [-0.39, 0.29) is 5.02 Å². The number of aromatic nitrogens is 2. The molecule has 0 spiro atoms. The summed E-state index contributed by atoms with van der Waals surface area (Å²) in [7, 11) is 0. The van der Waals surface area contributed by atoms with Crippen molar-refractivity contribution in [2.75, 3.05) is 18.4 Å². The van der Waals surface area contributed by atoms with Crippen molar-refractivity contribution in [3.63, 3.8) is 0 Å². The van der Waals surface area contributed by atoms with E-state index in [4.69, 9.17) is 17.3 Å². The number of rotatable bonds is 5. The summed E-state index contributed by atoms with van der Waals surface area (Å²) in [5, 5.41) is 3.38. The van der Waals surface area contributed by atoms with Gasteiger partial charge in [-0.2, -0.15) is 0 Å². The van der Waals surface area contributed by atoms with Gasteiger partial charge in [0.2, 0.25) is 5.95 Å². The van der Waals surface area contributed by atoms with Crippen molar-refractivity contribution in [2.24, 2.45) is 5.73 Å². The van der Waals surface area contributed by atoms with Crippen LogP contribution in [0, 0.1) is 19.7 Å². The van der Waals surface area contributed by atoms with Gasteiger partial charge in [0.05, 0.1) is 22.6 Å². The largest absolute Gasteiger partial charge is 0.354 e. The number of hydrogen-bond donors (Lipinski definition) is 2. The number of halogens is 2. The summed E-state index contributed by atoms with van der Waals surface area (Å²) in [6.07, 6.45) is 0. The lowest BCUT2D eigenvalue weighted by atomic mass is 10.1. The molecule has 6 heteroatoms. The summed E-state index contributed by atoms with van der Waals surface area (Å²) < 4.78 is 15.5. The first kappa shape index (κ1) is 16.7. The molecule has 0 radical (unpaired) electrons. The van der Waals surface area contributed by atoms with Crippen molar-refractivity contribution >= 4 is 28.6 Å². The number of nitrogens with two attached hydrogens (primary N) is 1. The molecule has 0 aliphatic heterocycles. The van der Waals surface area contributed by atoms with Crippen LogP contribution in [-0.4, -0.2) is 22.6 Å². The minimum Gasteiger partial charge on any atom is -0.354 e. The van der Waals surface area contributed by atoms with Gasteiger partial charge in [-0.15, -0.1) is 0 Å². The van der Waals surface area contributed by atoms with Gasteiger partial charge in [0, 0.05) is 13.1 Å². The molecule has 0 aliphatic carbocycles. The molecule has 1 heterocycles. The molecule has 0 amide bonds. The molecule has 0 aliphatic rings. The maximum Gasteiger partial charge on any atom is 0.204 e. The van der Waals surface area contributed by atoms with Gasteiger partial charge in [-0.1, -0.05) is 17.7 Å². The summed E-state index contributed by atoms with van der Waals surface area (Å²) >= 11 is 5.91. The van der Waals surface area contributed by atoms with E-state index in [0.717, 1.165) is 22.5 Å². The maximum absolute atomic E-state index is 13.4. The Kier molecular flexibility index (Phi) is 4.73. The summed E-state index contributed by atoms with van der Waals surface area (Å²) in [6.45, 7) is 5.84. The third-order valence-corrected chi connectivity index (χ3v) is 4.41. The standard InChI is InChI=1S/C18H20ClFN4/c1-11-7-16-17(8-12(11)2)24(18(23-16)22-6-5-21)10-13-3-4-15(20)14(19)9-13/h3-4,7-9H,5-6,10,21H2,1-2H3,(H,22,23). The van der Waals surface area contributed by atoms with Crippen LogP contribution in [-0.2, 0) is 6.54 Å². The second-order valence-electron chi connectivity index (χ2n) is 5.91. The van der Waals surface area contributed by atoms with Crippen LogP contribution in [0.1, 0.15) is 16.7 Å². The Morgan fingerprint density at radius 3 is 2.67 bits per heavy atom. The summed E-state index contributed by atoms with van der Waals surface area (Å²) in [5.74, 6) is 0.338. The Morgan fingerprint density at radius 2 is 1.96 bits per heavy atom. The van der Waals surface area contributed by atoms with Crippen LogP contribution < -0.4 is 11.1 Å². The number of fused-ring (bicyclic) bond motifs is 1. The van der Waals surface area contributed by atoms with Crippen LogP contribution in [0.25, 0.3) is 11.0 Å². The highest BCUT2D eigenvalue weighted by Crippen LogP contribution is 2.25. The van der Waals surface area contributed by atoms with Crippen LogP contribution in [0.5, 0.6) is 0 Å². The van der Waals surface area contributed by atoms with E-state index in [1.165, 1.54) is 17.2 Å². The molecule has 3 N–H and O–H groups in total. The van der Waals surface area contributed by atoms with Crippen molar-refractivity contribution in [1.29, 1.82) is 0 Å². The number of anilines is 1. The Balaban J connectivity index is 2.08. The number of aryl methyl sites for hydroxylation is 2. The molecule has 3 rings (SSSR count). The van der Waals surface area contributed by atoms with Gasteiger partial charge in [-0.05, 0) is 54.8 Å². The Morgan fingerprint density at radius 1 is 1.21 bits per heavy atom. The van der Waals surface area contributed by atoms with E-state index in [9.17, 15) is 4.39 Å². The average Bonchev–Trinajstić information content (AvgIpc) is 2.86. The zero-order chi connectivity index (χ0) is 17.3. The first-order valence-corrected chi connectivity index (χ1v) is 8.22. The maximum atomic E-state index is 13.4. The van der Waals surface area contributed by atoms with Crippen molar-refractivity contribution < 1.29 is 4.39 Å². The molecule has 0 saturated heterocycles. The zero-order valence-corrected chi connectivity index (χ0v) is 14.5. The smallest absolute Gasteiger partial charge is 0.204 e. The molecule has 0 saturated carbocycles. The van der Waals surface area contributed by atoms with Crippen molar-refractivity contribution in [2.45, 2.75) is 20.4 Å². The number of nitrogens with zero attached hydrogens (tertiary/aromatic N) is 2. The predicted octanol–water partition coefficient (Wildman–Crippen LogP) is 3.86. The summed E-state index contributed by atoms with van der Waals surface area (Å²) in [5.41, 5.74) is 10.9. The molecule has 126 valence electrons. The van der Waals surface area contributed by atoms with Gasteiger partial charge in [0.25, 0.3) is 0 Å². The van der Waals surface area contributed by atoms with E-state index >= 15 is 0 Å². The molecule has 1 aromatic heterocycles. The highest BCUT2D eigenvalue weighted by atomic mass is 35.5. The third kappa shape index (κ3) is 3.23. The van der Waals surface area contributed by atoms with Gasteiger partial charge in [-0.25, -0.2) is 9.37 Å². The Labute approximate surface area is 145 Å². The van der Waals surface area contributed by atoms with Crippen molar-refractivity contribution in [3.05, 3.63) is 57.9 Å². The SMILES string of the molecule is Cc1cc2nc(NCCN)n(Cc3ccc(F)c(Cl)c3)c2cc1C. The number of hydrogen-bond acceptors (Lipinski definition) is 3. The Bertz CT molecular complexity index is 888. The number of nitrogens with one attached hydrogen (secondary N) is 1. The quantitative estimate of drug-likeness (QED) is 0.737. The summed E-state index contributed by atoms with van der Waals surface area (Å²) in [4.78, 5) is 4.68. The molecule has 0 fully saturated rings. The van der Waals surface area contributed by atoms with Crippen LogP contribution >= 0.6 is 11.6 Å². The Hall–Kier alpha value is -2.11. The molecule has 0 bridgehead atoms. The second kappa shape index (κ2) is 6.79. The first-order chi connectivity index (χ1) is 11.5. The van der Waals surface area contributed by atoms with Crippen LogP contribution in [0.15, 0.2) is 30.3 Å². The average molecular weight is 347 g/mol. The van der Waals surface area contributed by atoms with E-state index < -0.39 is 5.82 Å². The number of benzene rings is 2. The fourth-order valence-electron chi connectivity index (χ4n) is 2.68. The van der Waals surface area contributed by atoms with Crippen molar-refractivity contribution in [3.8, 4) is 0 Å². The molecule has 4 nitrogen and oxygen atoms in total. The summed E-state index contributed by atoms with van der Waals surface area (Å²) in [6, 6.07) is 8.97. The van der Waals surface area contributed by atoms with E-state index in [1.807, 2.05) is 0 Å². The molecule has 24 heavy (non-hydrogen) atoms. The zero-order valence-electron chi connectivity index (χ0n) is 13.7. The van der Waals surface area contributed by atoms with Crippen LogP contribution in [0.3, 0.4) is 0 Å². The molecule has 0 unspecified atom stereocenters. The van der Waals surface area contributed by atoms with Gasteiger partial charge in [-0.3, -0.25) is 0 Å². The molecular weight excluding hydrogens is 327 g/mol. The minimum atomic E-state index is -0.413. The lowest BCUT2D eigenvalue weighted by molar-refractivity contribution is 0.627. The van der Waals surface area contributed by atoms with Crippen LogP contribution in [0.4, 0.5) is 10.3 Å².